The largest absolute Gasteiger partial charge is 0.353 e. The summed E-state index contributed by atoms with van der Waals surface area (Å²) < 4.78 is 0. The van der Waals surface area contributed by atoms with Gasteiger partial charge in [0.2, 0.25) is 11.8 Å². The number of Topliss-reactive ketones (excluding diaryl/α,β-unsaturated/α-hetero) is 2. The molecule has 1 saturated heterocycles. The van der Waals surface area contributed by atoms with E-state index >= 15 is 0 Å². The third kappa shape index (κ3) is 7.35. The van der Waals surface area contributed by atoms with E-state index in [1.54, 1.807) is 6.07 Å². The monoisotopic (exact) mass is 434 g/mol. The van der Waals surface area contributed by atoms with E-state index in [9.17, 15) is 19.2 Å². The van der Waals surface area contributed by atoms with Crippen LogP contribution in [0.4, 0.5) is 0 Å². The predicted octanol–water partition coefficient (Wildman–Crippen LogP) is 3.91. The minimum atomic E-state index is -0.131. The van der Waals surface area contributed by atoms with E-state index in [1.807, 2.05) is 31.7 Å². The van der Waals surface area contributed by atoms with Crippen molar-refractivity contribution < 1.29 is 19.2 Å². The van der Waals surface area contributed by atoms with Gasteiger partial charge in [0.05, 0.1) is 4.88 Å². The van der Waals surface area contributed by atoms with Crippen LogP contribution in [0, 0.1) is 12.8 Å². The lowest BCUT2D eigenvalue weighted by molar-refractivity contribution is -0.137. The lowest BCUT2D eigenvalue weighted by atomic mass is 9.98. The van der Waals surface area contributed by atoms with Crippen LogP contribution in [-0.4, -0.2) is 47.4 Å². The van der Waals surface area contributed by atoms with Crippen molar-refractivity contribution in [2.24, 2.45) is 5.92 Å². The number of amides is 2. The summed E-state index contributed by atoms with van der Waals surface area (Å²) in [6, 6.07) is 3.75. The minimum absolute atomic E-state index is 0.0133. The van der Waals surface area contributed by atoms with Gasteiger partial charge < -0.3 is 10.2 Å². The summed E-state index contributed by atoms with van der Waals surface area (Å²) in [4.78, 5) is 52.4. The molecule has 30 heavy (non-hydrogen) atoms. The maximum absolute atomic E-state index is 12.4. The van der Waals surface area contributed by atoms with Crippen molar-refractivity contribution in [3.8, 4) is 0 Å². The second-order valence-electron chi connectivity index (χ2n) is 8.05. The van der Waals surface area contributed by atoms with Crippen LogP contribution in [0.15, 0.2) is 12.1 Å². The molecule has 0 saturated carbocycles. The topological polar surface area (TPSA) is 83.6 Å². The Balaban J connectivity index is 1.63. The Labute approximate surface area is 183 Å². The quantitative estimate of drug-likeness (QED) is 0.535. The molecule has 2 amide bonds. The first-order valence-corrected chi connectivity index (χ1v) is 11.8. The summed E-state index contributed by atoms with van der Waals surface area (Å²) >= 11 is 1.44. The smallest absolute Gasteiger partial charge is 0.225 e. The number of hydrogen-bond donors (Lipinski definition) is 1. The van der Waals surface area contributed by atoms with Gasteiger partial charge in [0.1, 0.15) is 5.78 Å². The van der Waals surface area contributed by atoms with Gasteiger partial charge in [-0.25, -0.2) is 0 Å². The zero-order chi connectivity index (χ0) is 22.1. The molecule has 0 spiro atoms. The highest BCUT2D eigenvalue weighted by Crippen LogP contribution is 2.19. The zero-order valence-corrected chi connectivity index (χ0v) is 19.2. The number of aryl methyl sites for hydroxylation is 1. The lowest BCUT2D eigenvalue weighted by Gasteiger charge is -2.34. The van der Waals surface area contributed by atoms with Gasteiger partial charge in [-0.15, -0.1) is 11.3 Å². The Bertz CT molecular complexity index is 746. The highest BCUT2D eigenvalue weighted by atomic mass is 32.1. The van der Waals surface area contributed by atoms with Crippen molar-refractivity contribution in [1.29, 1.82) is 0 Å². The minimum Gasteiger partial charge on any atom is -0.353 e. The normalized spacial score (nSPS) is 14.7. The number of ketones is 2. The first-order valence-electron chi connectivity index (χ1n) is 11.0. The molecule has 6 nitrogen and oxygen atoms in total. The number of piperidine rings is 1. The third-order valence-electron chi connectivity index (χ3n) is 5.78. The molecule has 0 aliphatic carbocycles. The average Bonchev–Trinajstić information content (AvgIpc) is 3.18. The summed E-state index contributed by atoms with van der Waals surface area (Å²) in [6.45, 7) is 7.37. The Hall–Kier alpha value is -2.02. The summed E-state index contributed by atoms with van der Waals surface area (Å²) in [6.07, 6.45) is 3.91. The van der Waals surface area contributed by atoms with Gasteiger partial charge in [-0.05, 0) is 44.7 Å². The number of carbonyl (C=O) groups excluding carboxylic acids is 4. The standard InChI is InChI=1S/C23H34N2O4S/c1-4-17(5-2)23(29)25-14-12-18(13-15-25)24-22(28)11-8-19(26)7-9-20(27)21-10-6-16(3)30-21/h6,10,17-18H,4-5,7-9,11-15H2,1-3H3,(H,24,28). The number of rotatable bonds is 11. The molecule has 1 aliphatic rings. The van der Waals surface area contributed by atoms with Crippen molar-refractivity contribution in [3.05, 3.63) is 21.9 Å². The molecular formula is C23H34N2O4S. The molecule has 0 radical (unpaired) electrons. The maximum atomic E-state index is 12.4. The second-order valence-corrected chi connectivity index (χ2v) is 9.34. The Morgan fingerprint density at radius 1 is 1.03 bits per heavy atom. The van der Waals surface area contributed by atoms with Crippen LogP contribution < -0.4 is 5.32 Å². The fraction of sp³-hybridized carbons (Fsp3) is 0.652. The highest BCUT2D eigenvalue weighted by molar-refractivity contribution is 7.14. The Morgan fingerprint density at radius 2 is 1.67 bits per heavy atom. The lowest BCUT2D eigenvalue weighted by Crippen LogP contribution is -2.48. The zero-order valence-electron chi connectivity index (χ0n) is 18.4. The molecule has 1 aromatic rings. The van der Waals surface area contributed by atoms with Crippen LogP contribution >= 0.6 is 11.3 Å². The molecule has 7 heteroatoms. The number of thiophene rings is 1. The molecule has 1 aromatic heterocycles. The molecule has 0 atom stereocenters. The van der Waals surface area contributed by atoms with E-state index in [0.717, 1.165) is 30.6 Å². The van der Waals surface area contributed by atoms with Gasteiger partial charge in [0, 0.05) is 55.6 Å². The molecule has 1 aliphatic heterocycles. The van der Waals surface area contributed by atoms with Crippen molar-refractivity contribution in [1.82, 2.24) is 10.2 Å². The SMILES string of the molecule is CCC(CC)C(=O)N1CCC(NC(=O)CCC(=O)CCC(=O)c2ccc(C)s2)CC1. The number of hydrogen-bond acceptors (Lipinski definition) is 5. The van der Waals surface area contributed by atoms with Crippen LogP contribution in [0.2, 0.25) is 0 Å². The number of carbonyl (C=O) groups is 4. The van der Waals surface area contributed by atoms with Crippen LogP contribution in [-0.2, 0) is 14.4 Å². The van der Waals surface area contributed by atoms with Crippen molar-refractivity contribution in [2.45, 2.75) is 78.2 Å². The molecule has 0 aromatic carbocycles. The molecule has 166 valence electrons. The fourth-order valence-corrected chi connectivity index (χ4v) is 4.61. The van der Waals surface area contributed by atoms with Gasteiger partial charge in [0.25, 0.3) is 0 Å². The van der Waals surface area contributed by atoms with Crippen LogP contribution in [0.3, 0.4) is 0 Å². The van der Waals surface area contributed by atoms with Gasteiger partial charge in [-0.2, -0.15) is 0 Å². The van der Waals surface area contributed by atoms with Crippen LogP contribution in [0.25, 0.3) is 0 Å². The summed E-state index contributed by atoms with van der Waals surface area (Å²) in [5, 5.41) is 2.99. The molecule has 0 unspecified atom stereocenters. The number of likely N-dealkylation sites (tertiary alicyclic amines) is 1. The average molecular weight is 435 g/mol. The molecule has 0 bridgehead atoms. The number of nitrogens with zero attached hydrogens (tertiary/aromatic N) is 1. The van der Waals surface area contributed by atoms with Crippen LogP contribution in [0.1, 0.15) is 79.8 Å². The summed E-state index contributed by atoms with van der Waals surface area (Å²) in [5.74, 6) is 0.117. The van der Waals surface area contributed by atoms with E-state index in [4.69, 9.17) is 0 Å². The van der Waals surface area contributed by atoms with Crippen molar-refractivity contribution in [2.75, 3.05) is 13.1 Å². The fourth-order valence-electron chi connectivity index (χ4n) is 3.78. The van der Waals surface area contributed by atoms with E-state index < -0.39 is 0 Å². The summed E-state index contributed by atoms with van der Waals surface area (Å²) in [5.41, 5.74) is 0. The first kappa shape index (κ1) is 24.3. The molecule has 1 fully saturated rings. The third-order valence-corrected chi connectivity index (χ3v) is 6.83. The van der Waals surface area contributed by atoms with Gasteiger partial charge in [-0.1, -0.05) is 13.8 Å². The van der Waals surface area contributed by atoms with Crippen molar-refractivity contribution in [3.63, 3.8) is 0 Å². The van der Waals surface area contributed by atoms with E-state index in [-0.39, 0.29) is 61.0 Å². The first-order chi connectivity index (χ1) is 14.3. The molecule has 2 rings (SSSR count). The number of nitrogens with one attached hydrogen (secondary N) is 1. The van der Waals surface area contributed by atoms with Gasteiger partial charge in [-0.3, -0.25) is 19.2 Å². The maximum Gasteiger partial charge on any atom is 0.225 e. The van der Waals surface area contributed by atoms with Gasteiger partial charge >= 0.3 is 0 Å². The summed E-state index contributed by atoms with van der Waals surface area (Å²) in [7, 11) is 0. The van der Waals surface area contributed by atoms with E-state index in [1.165, 1.54) is 11.3 Å². The van der Waals surface area contributed by atoms with Crippen LogP contribution in [0.5, 0.6) is 0 Å². The molecule has 1 N–H and O–H groups in total. The van der Waals surface area contributed by atoms with Gasteiger partial charge in [0.15, 0.2) is 5.78 Å². The Kier molecular flexibility index (Phi) is 9.69. The molecule has 2 heterocycles. The van der Waals surface area contributed by atoms with Crippen molar-refractivity contribution >= 4 is 34.7 Å². The molecular weight excluding hydrogens is 400 g/mol. The van der Waals surface area contributed by atoms with E-state index in [2.05, 4.69) is 5.32 Å². The predicted molar refractivity (Wildman–Crippen MR) is 119 cm³/mol. The Morgan fingerprint density at radius 3 is 2.23 bits per heavy atom. The second kappa shape index (κ2) is 12.0. The van der Waals surface area contributed by atoms with E-state index in [0.29, 0.717) is 18.0 Å². The highest BCUT2D eigenvalue weighted by Gasteiger charge is 2.27.